The number of aromatic nitrogens is 4. The molecule has 6 heteroatoms. The molecule has 3 aromatic rings. The van der Waals surface area contributed by atoms with Gasteiger partial charge in [0.05, 0.1) is 34.4 Å². The summed E-state index contributed by atoms with van der Waals surface area (Å²) in [7, 11) is 0. The summed E-state index contributed by atoms with van der Waals surface area (Å²) >= 11 is 0. The standard InChI is InChI=1S/C14H12N6/c1-8-13(9(2)20(16)19-8)12-7-17-11-5-3-4-10(6-15)14(11)18-12/h3-5,7H,16H2,1-2H3. The highest BCUT2D eigenvalue weighted by Crippen LogP contribution is 2.26. The van der Waals surface area contributed by atoms with Crippen LogP contribution in [0.2, 0.25) is 0 Å². The first-order valence-electron chi connectivity index (χ1n) is 6.09. The molecule has 0 aliphatic heterocycles. The Kier molecular flexibility index (Phi) is 2.61. The number of benzene rings is 1. The smallest absolute Gasteiger partial charge is 0.107 e. The van der Waals surface area contributed by atoms with Crippen molar-refractivity contribution in [1.82, 2.24) is 19.9 Å². The van der Waals surface area contributed by atoms with E-state index in [0.29, 0.717) is 22.3 Å². The Bertz CT molecular complexity index is 856. The van der Waals surface area contributed by atoms with E-state index < -0.39 is 0 Å². The van der Waals surface area contributed by atoms with Gasteiger partial charge >= 0.3 is 0 Å². The summed E-state index contributed by atoms with van der Waals surface area (Å²) in [4.78, 5) is 10.2. The minimum Gasteiger partial charge on any atom is -0.323 e. The third-order valence-corrected chi connectivity index (χ3v) is 3.27. The quantitative estimate of drug-likeness (QED) is 0.675. The Labute approximate surface area is 115 Å². The molecule has 2 aromatic heterocycles. The SMILES string of the molecule is Cc1nn(N)c(C)c1-c1cnc2cccc(C#N)c2n1. The van der Waals surface area contributed by atoms with Crippen molar-refractivity contribution in [2.24, 2.45) is 0 Å². The van der Waals surface area contributed by atoms with E-state index in [-0.39, 0.29) is 0 Å². The van der Waals surface area contributed by atoms with E-state index in [1.54, 1.807) is 18.3 Å². The molecule has 0 saturated carbocycles. The van der Waals surface area contributed by atoms with Crippen molar-refractivity contribution in [3.63, 3.8) is 0 Å². The minimum absolute atomic E-state index is 0.507. The van der Waals surface area contributed by atoms with Gasteiger partial charge in [0.2, 0.25) is 0 Å². The minimum atomic E-state index is 0.507. The summed E-state index contributed by atoms with van der Waals surface area (Å²) < 4.78 is 0. The molecule has 1 aromatic carbocycles. The zero-order valence-corrected chi connectivity index (χ0v) is 11.1. The van der Waals surface area contributed by atoms with Gasteiger partial charge in [0, 0.05) is 5.56 Å². The Morgan fingerprint density at radius 3 is 2.75 bits per heavy atom. The molecule has 3 rings (SSSR count). The molecule has 20 heavy (non-hydrogen) atoms. The molecule has 0 amide bonds. The Balaban J connectivity index is 2.31. The number of para-hydroxylation sites is 1. The van der Waals surface area contributed by atoms with Gasteiger partial charge in [-0.25, -0.2) is 4.98 Å². The third-order valence-electron chi connectivity index (χ3n) is 3.27. The lowest BCUT2D eigenvalue weighted by Gasteiger charge is -2.04. The molecule has 98 valence electrons. The molecule has 0 fully saturated rings. The molecule has 2 N–H and O–H groups in total. The van der Waals surface area contributed by atoms with E-state index in [1.165, 1.54) is 4.79 Å². The van der Waals surface area contributed by atoms with Crippen molar-refractivity contribution in [2.75, 3.05) is 5.84 Å². The maximum absolute atomic E-state index is 9.16. The molecule has 0 spiro atoms. The van der Waals surface area contributed by atoms with E-state index in [9.17, 15) is 0 Å². The lowest BCUT2D eigenvalue weighted by atomic mass is 10.1. The average Bonchev–Trinajstić information content (AvgIpc) is 2.71. The second-order valence-corrected chi connectivity index (χ2v) is 4.53. The highest BCUT2D eigenvalue weighted by Gasteiger charge is 2.15. The number of hydrogen-bond acceptors (Lipinski definition) is 5. The first-order valence-corrected chi connectivity index (χ1v) is 6.09. The predicted molar refractivity (Wildman–Crippen MR) is 75.1 cm³/mol. The largest absolute Gasteiger partial charge is 0.323 e. The summed E-state index contributed by atoms with van der Waals surface area (Å²) in [5, 5.41) is 13.3. The summed E-state index contributed by atoms with van der Waals surface area (Å²) in [6.45, 7) is 3.74. The number of nitrogen functional groups attached to an aromatic ring is 1. The Morgan fingerprint density at radius 1 is 1.30 bits per heavy atom. The zero-order valence-electron chi connectivity index (χ0n) is 11.1. The van der Waals surface area contributed by atoms with Crippen molar-refractivity contribution in [1.29, 1.82) is 5.26 Å². The van der Waals surface area contributed by atoms with Gasteiger partial charge in [0.25, 0.3) is 0 Å². The van der Waals surface area contributed by atoms with Crippen LogP contribution in [0.1, 0.15) is 17.0 Å². The summed E-state index contributed by atoms with van der Waals surface area (Å²) in [5.41, 5.74) is 4.92. The monoisotopic (exact) mass is 264 g/mol. The van der Waals surface area contributed by atoms with Gasteiger partial charge in [-0.2, -0.15) is 15.2 Å². The van der Waals surface area contributed by atoms with Gasteiger partial charge in [0.15, 0.2) is 0 Å². The van der Waals surface area contributed by atoms with Crippen LogP contribution < -0.4 is 5.84 Å². The van der Waals surface area contributed by atoms with Crippen LogP contribution in [0.5, 0.6) is 0 Å². The van der Waals surface area contributed by atoms with E-state index in [0.717, 1.165) is 17.0 Å². The van der Waals surface area contributed by atoms with Gasteiger partial charge in [-0.3, -0.25) is 4.98 Å². The third kappa shape index (κ3) is 1.68. The zero-order chi connectivity index (χ0) is 14.3. The molecule has 6 nitrogen and oxygen atoms in total. The molecule has 0 aliphatic carbocycles. The van der Waals surface area contributed by atoms with Crippen LogP contribution in [0.4, 0.5) is 0 Å². The number of aryl methyl sites for hydroxylation is 1. The second-order valence-electron chi connectivity index (χ2n) is 4.53. The number of hydrogen-bond donors (Lipinski definition) is 1. The fourth-order valence-electron chi connectivity index (χ4n) is 2.28. The molecule has 0 atom stereocenters. The maximum Gasteiger partial charge on any atom is 0.107 e. The molecular formula is C14H12N6. The van der Waals surface area contributed by atoms with Crippen molar-refractivity contribution >= 4 is 11.0 Å². The Hall–Kier alpha value is -2.94. The Morgan fingerprint density at radius 2 is 2.10 bits per heavy atom. The maximum atomic E-state index is 9.16. The van der Waals surface area contributed by atoms with E-state index >= 15 is 0 Å². The summed E-state index contributed by atoms with van der Waals surface area (Å²) in [6, 6.07) is 7.49. The van der Waals surface area contributed by atoms with Crippen LogP contribution in [-0.2, 0) is 0 Å². The normalized spacial score (nSPS) is 10.7. The van der Waals surface area contributed by atoms with Crippen LogP contribution in [0.25, 0.3) is 22.3 Å². The molecule has 0 saturated heterocycles. The van der Waals surface area contributed by atoms with Crippen molar-refractivity contribution < 1.29 is 0 Å². The van der Waals surface area contributed by atoms with Gasteiger partial charge in [-0.1, -0.05) is 6.07 Å². The van der Waals surface area contributed by atoms with Gasteiger partial charge in [-0.05, 0) is 26.0 Å². The number of nitrogens with zero attached hydrogens (tertiary/aromatic N) is 5. The number of nitrogens with two attached hydrogens (primary N) is 1. The molecule has 0 bridgehead atoms. The number of fused-ring (bicyclic) bond motifs is 1. The first-order chi connectivity index (χ1) is 9.61. The van der Waals surface area contributed by atoms with Crippen LogP contribution >= 0.6 is 0 Å². The fourth-order valence-corrected chi connectivity index (χ4v) is 2.28. The molecule has 2 heterocycles. The topological polar surface area (TPSA) is 93.4 Å². The molecular weight excluding hydrogens is 252 g/mol. The van der Waals surface area contributed by atoms with Crippen LogP contribution in [-0.4, -0.2) is 19.9 Å². The van der Waals surface area contributed by atoms with Crippen molar-refractivity contribution in [2.45, 2.75) is 13.8 Å². The van der Waals surface area contributed by atoms with E-state index in [2.05, 4.69) is 21.1 Å². The van der Waals surface area contributed by atoms with Gasteiger partial charge < -0.3 is 5.84 Å². The lowest BCUT2D eigenvalue weighted by Crippen LogP contribution is -2.11. The van der Waals surface area contributed by atoms with Crippen LogP contribution in [0.15, 0.2) is 24.4 Å². The predicted octanol–water partition coefficient (Wildman–Crippen LogP) is 1.70. The fraction of sp³-hybridized carbons (Fsp3) is 0.143. The number of rotatable bonds is 1. The first kappa shape index (κ1) is 12.1. The van der Waals surface area contributed by atoms with E-state index in [1.807, 2.05) is 19.9 Å². The molecule has 0 radical (unpaired) electrons. The van der Waals surface area contributed by atoms with Crippen molar-refractivity contribution in [3.8, 4) is 17.3 Å². The highest BCUT2D eigenvalue weighted by atomic mass is 15.5. The van der Waals surface area contributed by atoms with E-state index in [4.69, 9.17) is 11.1 Å². The molecule has 0 aliphatic rings. The van der Waals surface area contributed by atoms with Gasteiger partial charge in [0.1, 0.15) is 11.6 Å². The highest BCUT2D eigenvalue weighted by molar-refractivity contribution is 5.83. The average molecular weight is 264 g/mol. The van der Waals surface area contributed by atoms with Crippen molar-refractivity contribution in [3.05, 3.63) is 41.3 Å². The summed E-state index contributed by atoms with van der Waals surface area (Å²) in [5.74, 6) is 5.75. The van der Waals surface area contributed by atoms with Crippen LogP contribution in [0, 0.1) is 25.2 Å². The summed E-state index contributed by atoms with van der Waals surface area (Å²) in [6.07, 6.45) is 1.68. The lowest BCUT2D eigenvalue weighted by molar-refractivity contribution is 0.789. The van der Waals surface area contributed by atoms with Crippen LogP contribution in [0.3, 0.4) is 0 Å². The molecule has 0 unspecified atom stereocenters. The number of nitriles is 1. The second kappa shape index (κ2) is 4.31. The van der Waals surface area contributed by atoms with Gasteiger partial charge in [-0.15, -0.1) is 0 Å².